The minimum absolute atomic E-state index is 0.588. The summed E-state index contributed by atoms with van der Waals surface area (Å²) < 4.78 is 12.8. The van der Waals surface area contributed by atoms with Crippen LogP contribution in [0.25, 0.3) is 5.65 Å². The number of morpholine rings is 1. The van der Waals surface area contributed by atoms with Crippen LogP contribution >= 0.6 is 0 Å². The molecule has 0 amide bonds. The van der Waals surface area contributed by atoms with Gasteiger partial charge in [-0.15, -0.1) is 5.10 Å². The molecule has 1 fully saturated rings. The fraction of sp³-hybridized carbons (Fsp3) is 0.333. The van der Waals surface area contributed by atoms with E-state index in [0.29, 0.717) is 18.2 Å². The fourth-order valence-electron chi connectivity index (χ4n) is 2.99. The molecule has 0 saturated carbocycles. The highest BCUT2D eigenvalue weighted by molar-refractivity contribution is 5.48. The maximum absolute atomic E-state index is 5.79. The van der Waals surface area contributed by atoms with Crippen LogP contribution < -0.4 is 10.5 Å². The number of benzene rings is 1. The van der Waals surface area contributed by atoms with Gasteiger partial charge in [-0.25, -0.2) is 9.50 Å². The molecule has 0 unspecified atom stereocenters. The van der Waals surface area contributed by atoms with Gasteiger partial charge in [0.15, 0.2) is 5.65 Å². The zero-order valence-electron chi connectivity index (χ0n) is 15.7. The fourth-order valence-corrected chi connectivity index (χ4v) is 2.99. The second-order valence-corrected chi connectivity index (χ2v) is 6.63. The first-order valence-corrected chi connectivity index (χ1v) is 9.43. The van der Waals surface area contributed by atoms with Crippen LogP contribution in [0.5, 0.6) is 5.88 Å². The summed E-state index contributed by atoms with van der Waals surface area (Å²) >= 11 is 0. The van der Waals surface area contributed by atoms with E-state index in [-0.39, 0.29) is 0 Å². The lowest BCUT2D eigenvalue weighted by molar-refractivity contribution is 0.0357. The maximum Gasteiger partial charge on any atom is 0.231 e. The van der Waals surface area contributed by atoms with Crippen LogP contribution in [0, 0.1) is 11.8 Å². The Morgan fingerprint density at radius 3 is 2.71 bits per heavy atom. The number of ether oxygens (including phenoxy) is 2. The number of hydrogen-bond acceptors (Lipinski definition) is 6. The van der Waals surface area contributed by atoms with Gasteiger partial charge in [0.25, 0.3) is 0 Å². The van der Waals surface area contributed by atoms with Crippen LogP contribution in [0.1, 0.15) is 17.7 Å². The number of aromatic nitrogens is 3. The molecule has 0 aliphatic carbocycles. The Balaban J connectivity index is 1.34. The molecular weight excluding hydrogens is 354 g/mol. The molecule has 3 heterocycles. The molecule has 7 heteroatoms. The van der Waals surface area contributed by atoms with Crippen LogP contribution in [-0.2, 0) is 4.74 Å². The Kier molecular flexibility index (Phi) is 5.71. The molecule has 1 saturated heterocycles. The zero-order chi connectivity index (χ0) is 19.2. The van der Waals surface area contributed by atoms with Gasteiger partial charge in [-0.3, -0.25) is 4.90 Å². The number of hydrogen-bond donors (Lipinski definition) is 1. The Morgan fingerprint density at radius 2 is 1.89 bits per heavy atom. The van der Waals surface area contributed by atoms with Crippen molar-refractivity contribution in [2.75, 3.05) is 45.2 Å². The summed E-state index contributed by atoms with van der Waals surface area (Å²) in [6.45, 7) is 5.29. The van der Waals surface area contributed by atoms with E-state index in [0.717, 1.165) is 56.2 Å². The first kappa shape index (κ1) is 18.3. The number of imidazole rings is 1. The number of nitrogen functional groups attached to an aromatic ring is 1. The largest absolute Gasteiger partial charge is 0.477 e. The zero-order valence-corrected chi connectivity index (χ0v) is 15.7. The molecular formula is C21H23N5O2. The highest BCUT2D eigenvalue weighted by Crippen LogP contribution is 2.11. The highest BCUT2D eigenvalue weighted by Gasteiger charge is 2.09. The van der Waals surface area contributed by atoms with Gasteiger partial charge in [0, 0.05) is 37.0 Å². The summed E-state index contributed by atoms with van der Waals surface area (Å²) in [5, 5.41) is 4.46. The van der Waals surface area contributed by atoms with E-state index in [1.54, 1.807) is 10.7 Å². The molecule has 3 aromatic rings. The number of fused-ring (bicyclic) bond motifs is 1. The summed E-state index contributed by atoms with van der Waals surface area (Å²) in [7, 11) is 0. The molecule has 0 spiro atoms. The van der Waals surface area contributed by atoms with Crippen molar-refractivity contribution >= 4 is 11.3 Å². The van der Waals surface area contributed by atoms with Gasteiger partial charge in [0.2, 0.25) is 5.88 Å². The first-order valence-electron chi connectivity index (χ1n) is 9.43. The second-order valence-electron chi connectivity index (χ2n) is 6.63. The van der Waals surface area contributed by atoms with Crippen LogP contribution in [0.15, 0.2) is 42.6 Å². The predicted octanol–water partition coefficient (Wildman–Crippen LogP) is 1.81. The molecule has 4 rings (SSSR count). The molecule has 1 aliphatic rings. The molecule has 2 N–H and O–H groups in total. The van der Waals surface area contributed by atoms with Crippen molar-refractivity contribution in [3.8, 4) is 17.7 Å². The molecule has 0 bridgehead atoms. The van der Waals surface area contributed by atoms with Crippen molar-refractivity contribution < 1.29 is 9.47 Å². The van der Waals surface area contributed by atoms with Crippen molar-refractivity contribution in [3.05, 3.63) is 53.9 Å². The van der Waals surface area contributed by atoms with Crippen molar-refractivity contribution in [3.63, 3.8) is 0 Å². The van der Waals surface area contributed by atoms with Gasteiger partial charge in [0.1, 0.15) is 5.69 Å². The molecule has 0 atom stereocenters. The maximum atomic E-state index is 5.79. The van der Waals surface area contributed by atoms with E-state index < -0.39 is 0 Å². The average Bonchev–Trinajstić information content (AvgIpc) is 3.14. The number of nitrogens with zero attached hydrogens (tertiary/aromatic N) is 4. The van der Waals surface area contributed by atoms with Gasteiger partial charge < -0.3 is 15.2 Å². The Bertz CT molecular complexity index is 981. The quantitative estimate of drug-likeness (QED) is 0.415. The summed E-state index contributed by atoms with van der Waals surface area (Å²) in [5.74, 6) is 6.73. The lowest BCUT2D eigenvalue weighted by Crippen LogP contribution is -2.37. The summed E-state index contributed by atoms with van der Waals surface area (Å²) in [6, 6.07) is 11.2. The van der Waals surface area contributed by atoms with Crippen molar-refractivity contribution in [1.29, 1.82) is 0 Å². The average molecular weight is 377 g/mol. The number of nitrogens with two attached hydrogens (primary N) is 1. The SMILES string of the molecule is Nc1ccc(C#Cc2cn3nc(OCCCN4CCOCC4)ccc3n2)cc1. The monoisotopic (exact) mass is 377 g/mol. The molecule has 28 heavy (non-hydrogen) atoms. The first-order chi connectivity index (χ1) is 13.8. The molecule has 7 nitrogen and oxygen atoms in total. The van der Waals surface area contributed by atoms with Gasteiger partial charge in [0.05, 0.1) is 26.0 Å². The molecule has 0 radical (unpaired) electrons. The Hall–Kier alpha value is -3.08. The van der Waals surface area contributed by atoms with Crippen molar-refractivity contribution in [2.24, 2.45) is 0 Å². The van der Waals surface area contributed by atoms with Crippen LogP contribution in [0.3, 0.4) is 0 Å². The van der Waals surface area contributed by atoms with Gasteiger partial charge in [-0.05, 0) is 42.7 Å². The second kappa shape index (κ2) is 8.74. The van der Waals surface area contributed by atoms with Gasteiger partial charge in [-0.1, -0.05) is 5.92 Å². The Morgan fingerprint density at radius 1 is 1.07 bits per heavy atom. The normalized spacial score (nSPS) is 14.6. The third-order valence-corrected chi connectivity index (χ3v) is 4.51. The molecule has 2 aromatic heterocycles. The minimum atomic E-state index is 0.588. The van der Waals surface area contributed by atoms with Crippen molar-refractivity contribution in [2.45, 2.75) is 6.42 Å². The van der Waals surface area contributed by atoms with Crippen LogP contribution in [0.2, 0.25) is 0 Å². The third kappa shape index (κ3) is 4.80. The van der Waals surface area contributed by atoms with E-state index in [1.807, 2.05) is 36.4 Å². The molecule has 1 aromatic carbocycles. The number of rotatable bonds is 5. The van der Waals surface area contributed by atoms with Crippen molar-refractivity contribution in [1.82, 2.24) is 19.5 Å². The Labute approximate surface area is 164 Å². The van der Waals surface area contributed by atoms with E-state index in [2.05, 4.69) is 26.8 Å². The van der Waals surface area contributed by atoms with E-state index in [4.69, 9.17) is 15.2 Å². The summed E-state index contributed by atoms with van der Waals surface area (Å²) in [5.41, 5.74) is 8.70. The molecule has 1 aliphatic heterocycles. The number of anilines is 1. The van der Waals surface area contributed by atoms with E-state index >= 15 is 0 Å². The van der Waals surface area contributed by atoms with Gasteiger partial charge >= 0.3 is 0 Å². The summed E-state index contributed by atoms with van der Waals surface area (Å²) in [4.78, 5) is 6.87. The lowest BCUT2D eigenvalue weighted by atomic mass is 10.2. The lowest BCUT2D eigenvalue weighted by Gasteiger charge is -2.26. The molecule has 144 valence electrons. The van der Waals surface area contributed by atoms with E-state index in [9.17, 15) is 0 Å². The van der Waals surface area contributed by atoms with Crippen LogP contribution in [0.4, 0.5) is 5.69 Å². The summed E-state index contributed by atoms with van der Waals surface area (Å²) in [6.07, 6.45) is 2.77. The topological polar surface area (TPSA) is 77.9 Å². The van der Waals surface area contributed by atoms with Crippen LogP contribution in [-0.4, -0.2) is 59.0 Å². The van der Waals surface area contributed by atoms with Gasteiger partial charge in [-0.2, -0.15) is 0 Å². The minimum Gasteiger partial charge on any atom is -0.477 e. The predicted molar refractivity (Wildman–Crippen MR) is 107 cm³/mol. The highest BCUT2D eigenvalue weighted by atomic mass is 16.5. The smallest absolute Gasteiger partial charge is 0.231 e. The standard InChI is InChI=1S/C21H23N5O2/c22-18-5-2-17(3-6-18)4-7-19-16-26-20(23-19)8-9-21(24-26)28-13-1-10-25-11-14-27-15-12-25/h2-3,5-6,8-9,16H,1,10-15,22H2. The van der Waals surface area contributed by atoms with E-state index in [1.165, 1.54) is 0 Å². The third-order valence-electron chi connectivity index (χ3n) is 4.51.